The van der Waals surface area contributed by atoms with E-state index in [1.54, 1.807) is 0 Å². The van der Waals surface area contributed by atoms with Crippen LogP contribution in [0.1, 0.15) is 57.6 Å². The number of benzene rings is 1. The summed E-state index contributed by atoms with van der Waals surface area (Å²) < 4.78 is 6.21. The summed E-state index contributed by atoms with van der Waals surface area (Å²) in [6.07, 6.45) is 6.08. The van der Waals surface area contributed by atoms with Crippen LogP contribution in [0.15, 0.2) is 24.3 Å². The summed E-state index contributed by atoms with van der Waals surface area (Å²) in [6, 6.07) is 8.33. The Morgan fingerprint density at radius 1 is 1.24 bits per heavy atom. The highest BCUT2D eigenvalue weighted by Crippen LogP contribution is 2.37. The van der Waals surface area contributed by atoms with Crippen LogP contribution >= 0.6 is 0 Å². The van der Waals surface area contributed by atoms with Gasteiger partial charge < -0.3 is 10.5 Å². The van der Waals surface area contributed by atoms with Gasteiger partial charge in [-0.1, -0.05) is 19.1 Å². The molecule has 1 saturated carbocycles. The average molecular weight is 233 g/mol. The van der Waals surface area contributed by atoms with Crippen LogP contribution in [0.4, 0.5) is 0 Å². The van der Waals surface area contributed by atoms with Crippen LogP contribution < -0.4 is 10.5 Å². The van der Waals surface area contributed by atoms with E-state index in [1.165, 1.54) is 25.7 Å². The maximum atomic E-state index is 6.21. The lowest BCUT2D eigenvalue weighted by atomic mass is 9.98. The lowest BCUT2D eigenvalue weighted by Crippen LogP contribution is -2.31. The molecule has 0 spiro atoms. The Labute approximate surface area is 104 Å². The van der Waals surface area contributed by atoms with Crippen molar-refractivity contribution in [3.8, 4) is 5.75 Å². The number of ether oxygens (including phenoxy) is 1. The molecule has 17 heavy (non-hydrogen) atoms. The van der Waals surface area contributed by atoms with E-state index in [0.717, 1.165) is 17.7 Å². The highest BCUT2D eigenvalue weighted by Gasteiger charge is 2.34. The summed E-state index contributed by atoms with van der Waals surface area (Å²) in [4.78, 5) is 0. The standard InChI is InChI=1S/C15H23NO/c1-3-15(10-4-5-11-15)17-14-8-6-13(7-9-14)12(2)16/h6-9,12H,3-5,10-11,16H2,1-2H3. The van der Waals surface area contributed by atoms with Crippen molar-refractivity contribution in [1.82, 2.24) is 0 Å². The predicted octanol–water partition coefficient (Wildman–Crippen LogP) is 3.81. The van der Waals surface area contributed by atoms with Crippen molar-refractivity contribution in [3.05, 3.63) is 29.8 Å². The van der Waals surface area contributed by atoms with Gasteiger partial charge in [-0.15, -0.1) is 0 Å². The summed E-state index contributed by atoms with van der Waals surface area (Å²) in [5, 5.41) is 0. The Morgan fingerprint density at radius 3 is 2.29 bits per heavy atom. The molecule has 0 saturated heterocycles. The quantitative estimate of drug-likeness (QED) is 0.858. The van der Waals surface area contributed by atoms with E-state index >= 15 is 0 Å². The third kappa shape index (κ3) is 2.81. The van der Waals surface area contributed by atoms with E-state index in [4.69, 9.17) is 10.5 Å². The highest BCUT2D eigenvalue weighted by molar-refractivity contribution is 5.29. The predicted molar refractivity (Wildman–Crippen MR) is 71.2 cm³/mol. The van der Waals surface area contributed by atoms with Crippen molar-refractivity contribution in [2.45, 2.75) is 57.6 Å². The van der Waals surface area contributed by atoms with Crippen LogP contribution in [0.2, 0.25) is 0 Å². The first-order valence-electron chi connectivity index (χ1n) is 6.70. The second-order valence-corrected chi connectivity index (χ2v) is 5.20. The van der Waals surface area contributed by atoms with E-state index in [9.17, 15) is 0 Å². The van der Waals surface area contributed by atoms with Gasteiger partial charge in [0.1, 0.15) is 11.4 Å². The molecule has 94 valence electrons. The molecule has 2 nitrogen and oxygen atoms in total. The summed E-state index contributed by atoms with van der Waals surface area (Å²) >= 11 is 0. The van der Waals surface area contributed by atoms with Gasteiger partial charge in [-0.05, 0) is 56.7 Å². The number of nitrogens with two attached hydrogens (primary N) is 1. The minimum absolute atomic E-state index is 0.0931. The molecule has 0 aliphatic heterocycles. The Kier molecular flexibility index (Phi) is 3.72. The number of hydrogen-bond acceptors (Lipinski definition) is 2. The largest absolute Gasteiger partial charge is 0.487 e. The molecule has 2 N–H and O–H groups in total. The van der Waals surface area contributed by atoms with Gasteiger partial charge in [0, 0.05) is 6.04 Å². The fraction of sp³-hybridized carbons (Fsp3) is 0.600. The van der Waals surface area contributed by atoms with Crippen LogP contribution in [0, 0.1) is 0 Å². The number of hydrogen-bond donors (Lipinski definition) is 1. The molecule has 1 aliphatic rings. The van der Waals surface area contributed by atoms with Crippen molar-refractivity contribution >= 4 is 0 Å². The summed E-state index contributed by atoms with van der Waals surface area (Å²) in [6.45, 7) is 4.22. The van der Waals surface area contributed by atoms with Crippen molar-refractivity contribution in [1.29, 1.82) is 0 Å². The van der Waals surface area contributed by atoms with E-state index in [2.05, 4.69) is 31.2 Å². The average Bonchev–Trinajstić information content (AvgIpc) is 2.79. The summed E-state index contributed by atoms with van der Waals surface area (Å²) in [5.74, 6) is 0.984. The Hall–Kier alpha value is -1.02. The maximum Gasteiger partial charge on any atom is 0.120 e. The summed E-state index contributed by atoms with van der Waals surface area (Å²) in [5.41, 5.74) is 7.09. The van der Waals surface area contributed by atoms with Gasteiger partial charge in [0.2, 0.25) is 0 Å². The van der Waals surface area contributed by atoms with Gasteiger partial charge in [0.05, 0.1) is 0 Å². The smallest absolute Gasteiger partial charge is 0.120 e. The third-order valence-electron chi connectivity index (χ3n) is 3.90. The van der Waals surface area contributed by atoms with E-state index in [0.29, 0.717) is 0 Å². The SMILES string of the molecule is CCC1(Oc2ccc(C(C)N)cc2)CCCC1. The first-order chi connectivity index (χ1) is 8.15. The molecule has 0 bridgehead atoms. The second kappa shape index (κ2) is 5.09. The van der Waals surface area contributed by atoms with Crippen LogP contribution in [0.25, 0.3) is 0 Å². The fourth-order valence-corrected chi connectivity index (χ4v) is 2.64. The Bertz CT molecular complexity index is 350. The zero-order valence-corrected chi connectivity index (χ0v) is 10.9. The molecule has 0 aromatic heterocycles. The molecule has 2 heteroatoms. The normalized spacial score (nSPS) is 20.2. The first-order valence-corrected chi connectivity index (χ1v) is 6.70. The molecule has 1 aliphatic carbocycles. The van der Waals surface area contributed by atoms with Gasteiger partial charge in [0.25, 0.3) is 0 Å². The minimum Gasteiger partial charge on any atom is -0.487 e. The van der Waals surface area contributed by atoms with Gasteiger partial charge in [-0.25, -0.2) is 0 Å². The molecule has 1 aromatic carbocycles. The third-order valence-corrected chi connectivity index (χ3v) is 3.90. The molecule has 1 fully saturated rings. The van der Waals surface area contributed by atoms with E-state index < -0.39 is 0 Å². The molecule has 0 amide bonds. The van der Waals surface area contributed by atoms with Crippen molar-refractivity contribution < 1.29 is 4.74 Å². The molecular weight excluding hydrogens is 210 g/mol. The van der Waals surface area contributed by atoms with Gasteiger partial charge in [-0.3, -0.25) is 0 Å². The Balaban J connectivity index is 2.07. The molecular formula is C15H23NO. The van der Waals surface area contributed by atoms with E-state index in [1.807, 2.05) is 6.92 Å². The number of rotatable bonds is 4. The van der Waals surface area contributed by atoms with Gasteiger partial charge in [-0.2, -0.15) is 0 Å². The molecule has 0 radical (unpaired) electrons. The van der Waals surface area contributed by atoms with Gasteiger partial charge >= 0.3 is 0 Å². The molecule has 2 rings (SSSR count). The zero-order valence-electron chi connectivity index (χ0n) is 10.9. The van der Waals surface area contributed by atoms with Crippen LogP contribution in [-0.2, 0) is 0 Å². The van der Waals surface area contributed by atoms with Crippen molar-refractivity contribution in [2.24, 2.45) is 5.73 Å². The first kappa shape index (κ1) is 12.4. The fourth-order valence-electron chi connectivity index (χ4n) is 2.64. The second-order valence-electron chi connectivity index (χ2n) is 5.20. The zero-order chi connectivity index (χ0) is 12.3. The topological polar surface area (TPSA) is 35.2 Å². The maximum absolute atomic E-state index is 6.21. The molecule has 0 heterocycles. The minimum atomic E-state index is 0.0931. The summed E-state index contributed by atoms with van der Waals surface area (Å²) in [7, 11) is 0. The molecule has 1 aromatic rings. The van der Waals surface area contributed by atoms with Gasteiger partial charge in [0.15, 0.2) is 0 Å². The van der Waals surface area contributed by atoms with Crippen LogP contribution in [0.5, 0.6) is 5.75 Å². The van der Waals surface area contributed by atoms with Crippen molar-refractivity contribution in [2.75, 3.05) is 0 Å². The van der Waals surface area contributed by atoms with Crippen LogP contribution in [0.3, 0.4) is 0 Å². The molecule has 1 atom stereocenters. The van der Waals surface area contributed by atoms with E-state index in [-0.39, 0.29) is 11.6 Å². The van der Waals surface area contributed by atoms with Crippen molar-refractivity contribution in [3.63, 3.8) is 0 Å². The monoisotopic (exact) mass is 233 g/mol. The Morgan fingerprint density at radius 2 is 1.82 bits per heavy atom. The van der Waals surface area contributed by atoms with Crippen LogP contribution in [-0.4, -0.2) is 5.60 Å². The highest BCUT2D eigenvalue weighted by atomic mass is 16.5. The lowest BCUT2D eigenvalue weighted by molar-refractivity contribution is 0.0720. The lowest BCUT2D eigenvalue weighted by Gasteiger charge is -2.29. The molecule has 1 unspecified atom stereocenters.